The van der Waals surface area contributed by atoms with Crippen LogP contribution in [0.5, 0.6) is 5.75 Å². The van der Waals surface area contributed by atoms with E-state index in [9.17, 15) is 9.90 Å². The molecule has 2 heterocycles. The number of aryl methyl sites for hydroxylation is 2. The number of carbonyl (C=O) groups excluding carboxylic acids is 1. The number of ether oxygens (including phenoxy) is 1. The van der Waals surface area contributed by atoms with Crippen LogP contribution in [0.2, 0.25) is 0 Å². The first-order valence-corrected chi connectivity index (χ1v) is 10.1. The van der Waals surface area contributed by atoms with Crippen LogP contribution in [0.25, 0.3) is 0 Å². The number of amides is 1. The Hall–Kier alpha value is -2.42. The van der Waals surface area contributed by atoms with E-state index < -0.39 is 6.10 Å². The van der Waals surface area contributed by atoms with Crippen LogP contribution < -0.4 is 10.1 Å². The number of piperazine rings is 1. The van der Waals surface area contributed by atoms with Gasteiger partial charge in [-0.3, -0.25) is 14.6 Å². The molecule has 0 saturated carbocycles. The van der Waals surface area contributed by atoms with Crippen LogP contribution in [0.4, 0.5) is 5.82 Å². The standard InChI is InChI=1S/C21H30N4O4/c1-3-17-5-4-6-19(12-17)28-15-18(26)13-24-7-9-25(10-8-24)14-21(27)22-20-11-16(2)29-23-20/h4-6,11-12,18,26H,3,7-10,13-15H2,1-2H3,(H,22,23,27). The summed E-state index contributed by atoms with van der Waals surface area (Å²) >= 11 is 0. The zero-order valence-electron chi connectivity index (χ0n) is 17.1. The van der Waals surface area contributed by atoms with Gasteiger partial charge in [0.1, 0.15) is 24.2 Å². The van der Waals surface area contributed by atoms with Gasteiger partial charge in [-0.15, -0.1) is 0 Å². The largest absolute Gasteiger partial charge is 0.491 e. The van der Waals surface area contributed by atoms with E-state index in [0.29, 0.717) is 24.7 Å². The quantitative estimate of drug-likeness (QED) is 0.657. The van der Waals surface area contributed by atoms with Gasteiger partial charge in [-0.1, -0.05) is 24.2 Å². The summed E-state index contributed by atoms with van der Waals surface area (Å²) in [5.41, 5.74) is 1.22. The molecule has 1 aliphatic heterocycles. The molecule has 1 fully saturated rings. The second-order valence-corrected chi connectivity index (χ2v) is 7.41. The Kier molecular flexibility index (Phi) is 7.62. The number of β-amino-alcohol motifs (C(OH)–C–C–N with tert-alkyl or cyclic N) is 1. The van der Waals surface area contributed by atoms with E-state index in [2.05, 4.69) is 33.3 Å². The second-order valence-electron chi connectivity index (χ2n) is 7.41. The van der Waals surface area contributed by atoms with Gasteiger partial charge in [0.25, 0.3) is 0 Å². The van der Waals surface area contributed by atoms with Crippen LogP contribution in [0.3, 0.4) is 0 Å². The van der Waals surface area contributed by atoms with E-state index >= 15 is 0 Å². The number of hydrogen-bond donors (Lipinski definition) is 2. The minimum Gasteiger partial charge on any atom is -0.491 e. The van der Waals surface area contributed by atoms with Crippen LogP contribution in [0, 0.1) is 6.92 Å². The summed E-state index contributed by atoms with van der Waals surface area (Å²) in [4.78, 5) is 16.4. The van der Waals surface area contributed by atoms with Gasteiger partial charge in [0.2, 0.25) is 5.91 Å². The van der Waals surface area contributed by atoms with E-state index in [0.717, 1.165) is 38.3 Å². The number of anilines is 1. The fourth-order valence-corrected chi connectivity index (χ4v) is 3.34. The fourth-order valence-electron chi connectivity index (χ4n) is 3.34. The molecule has 1 atom stereocenters. The Labute approximate surface area is 171 Å². The summed E-state index contributed by atoms with van der Waals surface area (Å²) in [6.07, 6.45) is 0.408. The van der Waals surface area contributed by atoms with Gasteiger partial charge in [-0.05, 0) is 31.0 Å². The predicted molar refractivity (Wildman–Crippen MR) is 110 cm³/mol. The number of benzene rings is 1. The Bertz CT molecular complexity index is 786. The molecule has 1 aromatic heterocycles. The van der Waals surface area contributed by atoms with E-state index in [-0.39, 0.29) is 12.5 Å². The van der Waals surface area contributed by atoms with Gasteiger partial charge in [-0.2, -0.15) is 0 Å². The zero-order valence-corrected chi connectivity index (χ0v) is 17.1. The molecule has 8 heteroatoms. The van der Waals surface area contributed by atoms with Crippen molar-refractivity contribution in [1.29, 1.82) is 0 Å². The molecule has 29 heavy (non-hydrogen) atoms. The van der Waals surface area contributed by atoms with Gasteiger partial charge in [0.15, 0.2) is 5.82 Å². The lowest BCUT2D eigenvalue weighted by Gasteiger charge is -2.35. The molecule has 0 radical (unpaired) electrons. The third-order valence-corrected chi connectivity index (χ3v) is 4.95. The average Bonchev–Trinajstić information content (AvgIpc) is 3.12. The third-order valence-electron chi connectivity index (χ3n) is 4.95. The highest BCUT2D eigenvalue weighted by Gasteiger charge is 2.21. The van der Waals surface area contributed by atoms with Gasteiger partial charge < -0.3 is 19.7 Å². The summed E-state index contributed by atoms with van der Waals surface area (Å²) in [6, 6.07) is 9.65. The third kappa shape index (κ3) is 6.85. The first-order chi connectivity index (χ1) is 14.0. The van der Waals surface area contributed by atoms with Crippen LogP contribution in [0.1, 0.15) is 18.2 Å². The first kappa shape index (κ1) is 21.3. The molecule has 158 valence electrons. The Morgan fingerprint density at radius 1 is 1.28 bits per heavy atom. The van der Waals surface area contributed by atoms with Crippen LogP contribution >= 0.6 is 0 Å². The lowest BCUT2D eigenvalue weighted by Crippen LogP contribution is -2.50. The molecule has 1 aromatic carbocycles. The number of aliphatic hydroxyl groups is 1. The number of rotatable bonds is 9. The molecular weight excluding hydrogens is 372 g/mol. The zero-order chi connectivity index (χ0) is 20.6. The Balaban J connectivity index is 1.34. The minimum atomic E-state index is -0.550. The first-order valence-electron chi connectivity index (χ1n) is 10.1. The molecule has 0 bridgehead atoms. The highest BCUT2D eigenvalue weighted by Crippen LogP contribution is 2.14. The Morgan fingerprint density at radius 3 is 2.72 bits per heavy atom. The number of aromatic nitrogens is 1. The van der Waals surface area contributed by atoms with Gasteiger partial charge in [-0.25, -0.2) is 0 Å². The molecule has 1 unspecified atom stereocenters. The topological polar surface area (TPSA) is 91.1 Å². The van der Waals surface area contributed by atoms with Gasteiger partial charge in [0.05, 0.1) is 6.54 Å². The maximum Gasteiger partial charge on any atom is 0.239 e. The molecule has 1 saturated heterocycles. The molecule has 1 amide bonds. The van der Waals surface area contributed by atoms with Crippen molar-refractivity contribution in [3.05, 3.63) is 41.7 Å². The van der Waals surface area contributed by atoms with E-state index in [1.807, 2.05) is 18.2 Å². The number of nitrogens with one attached hydrogen (secondary N) is 1. The smallest absolute Gasteiger partial charge is 0.239 e. The van der Waals surface area contributed by atoms with Crippen molar-refractivity contribution in [3.8, 4) is 5.75 Å². The maximum absolute atomic E-state index is 12.1. The lowest BCUT2D eigenvalue weighted by atomic mass is 10.2. The van der Waals surface area contributed by atoms with Crippen molar-refractivity contribution in [3.63, 3.8) is 0 Å². The normalized spacial score (nSPS) is 16.5. The molecule has 8 nitrogen and oxygen atoms in total. The monoisotopic (exact) mass is 402 g/mol. The Morgan fingerprint density at radius 2 is 2.03 bits per heavy atom. The molecule has 2 aromatic rings. The van der Waals surface area contributed by atoms with Crippen LogP contribution in [-0.2, 0) is 11.2 Å². The van der Waals surface area contributed by atoms with Crippen molar-refractivity contribution in [2.75, 3.05) is 51.2 Å². The number of carbonyl (C=O) groups is 1. The molecule has 3 rings (SSSR count). The summed E-state index contributed by atoms with van der Waals surface area (Å²) in [6.45, 7) is 8.19. The van der Waals surface area contributed by atoms with Crippen molar-refractivity contribution in [1.82, 2.24) is 15.0 Å². The highest BCUT2D eigenvalue weighted by atomic mass is 16.5. The lowest BCUT2D eigenvalue weighted by molar-refractivity contribution is -0.117. The minimum absolute atomic E-state index is 0.102. The molecule has 0 aliphatic carbocycles. The number of hydrogen-bond acceptors (Lipinski definition) is 7. The van der Waals surface area contributed by atoms with E-state index in [4.69, 9.17) is 9.26 Å². The van der Waals surface area contributed by atoms with Gasteiger partial charge >= 0.3 is 0 Å². The number of nitrogens with zero attached hydrogens (tertiary/aromatic N) is 3. The molecule has 2 N–H and O–H groups in total. The second kappa shape index (κ2) is 10.4. The highest BCUT2D eigenvalue weighted by molar-refractivity contribution is 5.91. The van der Waals surface area contributed by atoms with Gasteiger partial charge in [0, 0.05) is 38.8 Å². The van der Waals surface area contributed by atoms with Crippen LogP contribution in [0.15, 0.2) is 34.9 Å². The summed E-state index contributed by atoms with van der Waals surface area (Å²) < 4.78 is 10.7. The number of aliphatic hydroxyl groups excluding tert-OH is 1. The summed E-state index contributed by atoms with van der Waals surface area (Å²) in [7, 11) is 0. The van der Waals surface area contributed by atoms with Crippen molar-refractivity contribution in [2.24, 2.45) is 0 Å². The predicted octanol–water partition coefficient (Wildman–Crippen LogP) is 1.54. The van der Waals surface area contributed by atoms with Crippen molar-refractivity contribution in [2.45, 2.75) is 26.4 Å². The summed E-state index contributed by atoms with van der Waals surface area (Å²) in [5, 5.41) is 16.8. The maximum atomic E-state index is 12.1. The van der Waals surface area contributed by atoms with Crippen molar-refractivity contribution >= 4 is 11.7 Å². The SMILES string of the molecule is CCc1cccc(OCC(O)CN2CCN(CC(=O)Nc3cc(C)on3)CC2)c1. The van der Waals surface area contributed by atoms with Crippen molar-refractivity contribution < 1.29 is 19.2 Å². The molecular formula is C21H30N4O4. The average molecular weight is 402 g/mol. The van der Waals surface area contributed by atoms with Crippen LogP contribution in [-0.4, -0.2) is 77.9 Å². The molecule has 1 aliphatic rings. The fraction of sp³-hybridized carbons (Fsp3) is 0.524. The van der Waals surface area contributed by atoms with E-state index in [1.165, 1.54) is 5.56 Å². The van der Waals surface area contributed by atoms with E-state index in [1.54, 1.807) is 13.0 Å². The molecule has 0 spiro atoms. The summed E-state index contributed by atoms with van der Waals surface area (Å²) in [5.74, 6) is 1.80.